The van der Waals surface area contributed by atoms with Crippen LogP contribution in [0.15, 0.2) is 24.8 Å². The Morgan fingerprint density at radius 2 is 2.38 bits per heavy atom. The lowest BCUT2D eigenvalue weighted by molar-refractivity contribution is 0.0451. The minimum atomic E-state index is 0.168. The largest absolute Gasteiger partial charge is 0.396 e. The summed E-state index contributed by atoms with van der Waals surface area (Å²) < 4.78 is 5.73. The van der Waals surface area contributed by atoms with E-state index in [4.69, 9.17) is 9.84 Å². The molecular weight excluding hydrogens is 164 g/mol. The van der Waals surface area contributed by atoms with Gasteiger partial charge in [-0.15, -0.1) is 6.58 Å². The lowest BCUT2D eigenvalue weighted by Crippen LogP contribution is -2.10. The van der Waals surface area contributed by atoms with E-state index in [0.29, 0.717) is 0 Å². The van der Waals surface area contributed by atoms with Crippen LogP contribution in [0.5, 0.6) is 0 Å². The maximum absolute atomic E-state index is 8.67. The number of aliphatic hydroxyl groups is 1. The molecule has 1 rings (SSSR count). The first-order chi connectivity index (χ1) is 6.27. The standard InChI is InChI=1S/C11H18O2/c1-3-5-11-9(2)8-10(13-11)6-4-7-12/h3,10-12H,1-2,4-8H2. The van der Waals surface area contributed by atoms with Crippen LogP contribution in [0.2, 0.25) is 0 Å². The fraction of sp³-hybridized carbons (Fsp3) is 0.636. The van der Waals surface area contributed by atoms with E-state index in [1.54, 1.807) is 0 Å². The highest BCUT2D eigenvalue weighted by Crippen LogP contribution is 2.29. The second-order valence-corrected chi connectivity index (χ2v) is 3.50. The normalized spacial score (nSPS) is 27.9. The summed E-state index contributed by atoms with van der Waals surface area (Å²) in [4.78, 5) is 0. The van der Waals surface area contributed by atoms with Crippen LogP contribution in [0.25, 0.3) is 0 Å². The van der Waals surface area contributed by atoms with Crippen LogP contribution in [-0.4, -0.2) is 23.9 Å². The summed E-state index contributed by atoms with van der Waals surface area (Å²) >= 11 is 0. The summed E-state index contributed by atoms with van der Waals surface area (Å²) in [5.41, 5.74) is 1.17. The average Bonchev–Trinajstić information content (AvgIpc) is 2.45. The monoisotopic (exact) mass is 182 g/mol. The van der Waals surface area contributed by atoms with Gasteiger partial charge in [0.1, 0.15) is 0 Å². The zero-order valence-corrected chi connectivity index (χ0v) is 8.04. The molecular formula is C11H18O2. The third-order valence-corrected chi connectivity index (χ3v) is 2.37. The second kappa shape index (κ2) is 5.20. The molecule has 2 heteroatoms. The fourth-order valence-corrected chi connectivity index (χ4v) is 1.66. The van der Waals surface area contributed by atoms with Crippen molar-refractivity contribution in [3.05, 3.63) is 24.8 Å². The predicted molar refractivity (Wildman–Crippen MR) is 53.6 cm³/mol. The summed E-state index contributed by atoms with van der Waals surface area (Å²) in [6, 6.07) is 0. The third kappa shape index (κ3) is 2.98. The Labute approximate surface area is 79.9 Å². The van der Waals surface area contributed by atoms with Crippen molar-refractivity contribution >= 4 is 0 Å². The quantitative estimate of drug-likeness (QED) is 0.659. The van der Waals surface area contributed by atoms with Gasteiger partial charge in [-0.2, -0.15) is 0 Å². The molecule has 0 bridgehead atoms. The van der Waals surface area contributed by atoms with Crippen molar-refractivity contribution in [3.8, 4) is 0 Å². The minimum absolute atomic E-state index is 0.168. The van der Waals surface area contributed by atoms with E-state index in [2.05, 4.69) is 13.2 Å². The molecule has 2 atom stereocenters. The molecule has 13 heavy (non-hydrogen) atoms. The van der Waals surface area contributed by atoms with Gasteiger partial charge in [0.2, 0.25) is 0 Å². The first-order valence-electron chi connectivity index (χ1n) is 4.82. The van der Waals surface area contributed by atoms with Gasteiger partial charge in [-0.25, -0.2) is 0 Å². The van der Waals surface area contributed by atoms with Gasteiger partial charge in [-0.05, 0) is 31.3 Å². The molecule has 0 saturated carbocycles. The van der Waals surface area contributed by atoms with Gasteiger partial charge in [0.15, 0.2) is 0 Å². The molecule has 1 saturated heterocycles. The van der Waals surface area contributed by atoms with Crippen LogP contribution in [0, 0.1) is 0 Å². The number of hydrogen-bond acceptors (Lipinski definition) is 2. The smallest absolute Gasteiger partial charge is 0.0821 e. The van der Waals surface area contributed by atoms with Crippen LogP contribution in [0.4, 0.5) is 0 Å². The zero-order chi connectivity index (χ0) is 9.68. The summed E-state index contributed by atoms with van der Waals surface area (Å²) in [6.45, 7) is 7.91. The summed E-state index contributed by atoms with van der Waals surface area (Å²) in [5, 5.41) is 8.67. The maximum atomic E-state index is 8.67. The van der Waals surface area contributed by atoms with Gasteiger partial charge < -0.3 is 9.84 Å². The van der Waals surface area contributed by atoms with E-state index in [-0.39, 0.29) is 18.8 Å². The molecule has 1 heterocycles. The molecule has 2 nitrogen and oxygen atoms in total. The third-order valence-electron chi connectivity index (χ3n) is 2.37. The van der Waals surface area contributed by atoms with Crippen LogP contribution in [-0.2, 0) is 4.74 Å². The number of rotatable bonds is 5. The molecule has 1 N–H and O–H groups in total. The Bertz CT molecular complexity index is 187. The maximum Gasteiger partial charge on any atom is 0.0821 e. The van der Waals surface area contributed by atoms with Crippen molar-refractivity contribution in [1.29, 1.82) is 0 Å². The van der Waals surface area contributed by atoms with Crippen molar-refractivity contribution < 1.29 is 9.84 Å². The SMILES string of the molecule is C=CCC1OC(CCCO)CC1=C. The van der Waals surface area contributed by atoms with Crippen molar-refractivity contribution in [2.75, 3.05) is 6.61 Å². The van der Waals surface area contributed by atoms with E-state index in [1.165, 1.54) is 5.57 Å². The number of ether oxygens (including phenoxy) is 1. The molecule has 0 aromatic heterocycles. The van der Waals surface area contributed by atoms with Gasteiger partial charge in [0.05, 0.1) is 12.2 Å². The van der Waals surface area contributed by atoms with E-state index in [1.807, 2.05) is 6.08 Å². The van der Waals surface area contributed by atoms with Crippen LogP contribution in [0.3, 0.4) is 0 Å². The highest BCUT2D eigenvalue weighted by Gasteiger charge is 2.26. The van der Waals surface area contributed by atoms with Crippen LogP contribution in [0.1, 0.15) is 25.7 Å². The first-order valence-corrected chi connectivity index (χ1v) is 4.82. The topological polar surface area (TPSA) is 29.5 Å². The zero-order valence-electron chi connectivity index (χ0n) is 8.04. The lowest BCUT2D eigenvalue weighted by atomic mass is 10.0. The predicted octanol–water partition coefficient (Wildman–Crippen LogP) is 2.05. The summed E-state index contributed by atoms with van der Waals surface area (Å²) in [6.07, 6.45) is 5.85. The van der Waals surface area contributed by atoms with E-state index in [0.717, 1.165) is 25.7 Å². The molecule has 0 radical (unpaired) electrons. The molecule has 0 aromatic carbocycles. The van der Waals surface area contributed by atoms with Crippen LogP contribution < -0.4 is 0 Å². The van der Waals surface area contributed by atoms with Gasteiger partial charge in [-0.3, -0.25) is 0 Å². The highest BCUT2D eigenvalue weighted by molar-refractivity contribution is 5.10. The first kappa shape index (κ1) is 10.5. The van der Waals surface area contributed by atoms with Crippen molar-refractivity contribution in [2.45, 2.75) is 37.9 Å². The summed E-state index contributed by atoms with van der Waals surface area (Å²) in [5.74, 6) is 0. The van der Waals surface area contributed by atoms with E-state index in [9.17, 15) is 0 Å². The molecule has 1 aliphatic heterocycles. The van der Waals surface area contributed by atoms with Crippen molar-refractivity contribution in [3.63, 3.8) is 0 Å². The molecule has 74 valence electrons. The van der Waals surface area contributed by atoms with Gasteiger partial charge in [-0.1, -0.05) is 12.7 Å². The molecule has 1 aliphatic rings. The minimum Gasteiger partial charge on any atom is -0.396 e. The highest BCUT2D eigenvalue weighted by atomic mass is 16.5. The Morgan fingerprint density at radius 1 is 1.62 bits per heavy atom. The fourth-order valence-electron chi connectivity index (χ4n) is 1.66. The van der Waals surface area contributed by atoms with Crippen molar-refractivity contribution in [1.82, 2.24) is 0 Å². The molecule has 0 aliphatic carbocycles. The molecule has 0 aromatic rings. The Morgan fingerprint density at radius 3 is 3.00 bits per heavy atom. The Kier molecular flexibility index (Phi) is 4.19. The van der Waals surface area contributed by atoms with E-state index < -0.39 is 0 Å². The lowest BCUT2D eigenvalue weighted by Gasteiger charge is -2.11. The number of hydrogen-bond donors (Lipinski definition) is 1. The molecule has 0 amide bonds. The van der Waals surface area contributed by atoms with Gasteiger partial charge in [0.25, 0.3) is 0 Å². The number of aliphatic hydroxyl groups excluding tert-OH is 1. The van der Waals surface area contributed by atoms with Gasteiger partial charge in [0, 0.05) is 6.61 Å². The van der Waals surface area contributed by atoms with Crippen LogP contribution >= 0.6 is 0 Å². The second-order valence-electron chi connectivity index (χ2n) is 3.50. The Hall–Kier alpha value is -0.600. The molecule has 2 unspecified atom stereocenters. The Balaban J connectivity index is 2.31. The van der Waals surface area contributed by atoms with Gasteiger partial charge >= 0.3 is 0 Å². The molecule has 1 fully saturated rings. The van der Waals surface area contributed by atoms with Crippen molar-refractivity contribution in [2.24, 2.45) is 0 Å². The summed E-state index contributed by atoms with van der Waals surface area (Å²) in [7, 11) is 0. The van der Waals surface area contributed by atoms with E-state index >= 15 is 0 Å². The average molecular weight is 182 g/mol. The molecule has 0 spiro atoms.